The molecule has 1 amide bonds. The molecule has 0 bridgehead atoms. The van der Waals surface area contributed by atoms with Gasteiger partial charge in [-0.3, -0.25) is 9.59 Å². The smallest absolute Gasteiger partial charge is 0.295 e. The Morgan fingerprint density at radius 2 is 1.71 bits per heavy atom. The molecule has 2 aromatic rings. The fourth-order valence-electron chi connectivity index (χ4n) is 4.11. The van der Waals surface area contributed by atoms with Crippen molar-refractivity contribution in [1.82, 2.24) is 4.90 Å². The fraction of sp³-hybridized carbons (Fsp3) is 0.407. The molecule has 1 saturated heterocycles. The van der Waals surface area contributed by atoms with E-state index in [2.05, 4.69) is 20.8 Å². The number of aliphatic hydroxyl groups excluding tert-OH is 1. The van der Waals surface area contributed by atoms with Crippen molar-refractivity contribution in [2.45, 2.75) is 32.2 Å². The molecule has 1 atom stereocenters. The number of anilines is 1. The van der Waals surface area contributed by atoms with Crippen LogP contribution in [0, 0.1) is 0 Å². The van der Waals surface area contributed by atoms with Crippen molar-refractivity contribution in [1.29, 1.82) is 0 Å². The van der Waals surface area contributed by atoms with E-state index in [1.807, 2.05) is 55.4 Å². The lowest BCUT2D eigenvalue weighted by Gasteiger charge is -2.26. The third kappa shape index (κ3) is 4.80. The summed E-state index contributed by atoms with van der Waals surface area (Å²) in [6, 6.07) is 12.4. The minimum absolute atomic E-state index is 0.0445. The minimum Gasteiger partial charge on any atom is -0.507 e. The van der Waals surface area contributed by atoms with E-state index < -0.39 is 17.7 Å². The summed E-state index contributed by atoms with van der Waals surface area (Å²) in [4.78, 5) is 29.7. The minimum atomic E-state index is -0.741. The van der Waals surface area contributed by atoms with Gasteiger partial charge in [0.05, 0.1) is 30.9 Å². The molecular weight excluding hydrogens is 432 g/mol. The Labute approximate surface area is 201 Å². The number of likely N-dealkylation sites (tertiary alicyclic amines) is 1. The van der Waals surface area contributed by atoms with E-state index in [0.29, 0.717) is 11.3 Å². The molecule has 1 N–H and O–H groups in total. The third-order valence-corrected chi connectivity index (χ3v) is 6.12. The lowest BCUT2D eigenvalue weighted by molar-refractivity contribution is -0.140. The van der Waals surface area contributed by atoms with E-state index in [4.69, 9.17) is 9.47 Å². The number of carbonyl (C=O) groups excluding carboxylic acids is 2. The van der Waals surface area contributed by atoms with Gasteiger partial charge in [-0.05, 0) is 40.8 Å². The number of rotatable bonds is 7. The molecule has 1 aliphatic rings. The number of benzene rings is 2. The molecular formula is C27H34N2O5. The van der Waals surface area contributed by atoms with Crippen molar-refractivity contribution in [2.24, 2.45) is 0 Å². The molecule has 3 rings (SSSR count). The van der Waals surface area contributed by atoms with E-state index in [9.17, 15) is 14.7 Å². The van der Waals surface area contributed by atoms with Gasteiger partial charge < -0.3 is 24.4 Å². The molecule has 182 valence electrons. The first-order valence-corrected chi connectivity index (χ1v) is 11.2. The first-order valence-electron chi connectivity index (χ1n) is 11.2. The van der Waals surface area contributed by atoms with Crippen LogP contribution in [0.4, 0.5) is 5.69 Å². The maximum absolute atomic E-state index is 13.2. The number of hydrogen-bond acceptors (Lipinski definition) is 6. The zero-order chi connectivity index (χ0) is 25.2. The number of methoxy groups -OCH3 is 2. The maximum Gasteiger partial charge on any atom is 0.295 e. The van der Waals surface area contributed by atoms with Gasteiger partial charge in [-0.15, -0.1) is 0 Å². The number of hydrogen-bond donors (Lipinski definition) is 1. The highest BCUT2D eigenvalue weighted by Gasteiger charge is 2.46. The summed E-state index contributed by atoms with van der Waals surface area (Å²) < 4.78 is 10.7. The van der Waals surface area contributed by atoms with Crippen molar-refractivity contribution in [3.63, 3.8) is 0 Å². The molecule has 34 heavy (non-hydrogen) atoms. The van der Waals surface area contributed by atoms with Crippen LogP contribution in [-0.4, -0.2) is 63.2 Å². The molecule has 1 aliphatic heterocycles. The van der Waals surface area contributed by atoms with Gasteiger partial charge in [-0.2, -0.15) is 0 Å². The normalized spacial score (nSPS) is 17.9. The Hall–Kier alpha value is -3.32. The topological polar surface area (TPSA) is 79.3 Å². The third-order valence-electron chi connectivity index (χ3n) is 6.12. The highest BCUT2D eigenvalue weighted by Crippen LogP contribution is 2.42. The number of amides is 1. The molecule has 2 aromatic carbocycles. The standard InChI is InChI=1S/C27H34N2O5/c1-27(2,3)18-10-13-21(34-7)20(16-18)24(30)22-23(17-8-11-19(12-9-17)28(4)5)29(14-15-33-6)26(32)25(22)31/h8-13,16,23,30H,14-15H2,1-7H3/b24-22+. The van der Waals surface area contributed by atoms with Crippen LogP contribution in [0.25, 0.3) is 5.76 Å². The molecule has 0 aromatic heterocycles. The summed E-state index contributed by atoms with van der Waals surface area (Å²) in [5, 5.41) is 11.5. The first-order chi connectivity index (χ1) is 16.0. The van der Waals surface area contributed by atoms with Gasteiger partial charge in [0.25, 0.3) is 11.7 Å². The van der Waals surface area contributed by atoms with E-state index >= 15 is 0 Å². The second kappa shape index (κ2) is 9.89. The number of ether oxygens (including phenoxy) is 2. The number of ketones is 1. The lowest BCUT2D eigenvalue weighted by Crippen LogP contribution is -2.32. The molecule has 7 nitrogen and oxygen atoms in total. The largest absolute Gasteiger partial charge is 0.507 e. The van der Waals surface area contributed by atoms with Gasteiger partial charge in [0.15, 0.2) is 0 Å². The van der Waals surface area contributed by atoms with Crippen LogP contribution in [0.5, 0.6) is 5.75 Å². The summed E-state index contributed by atoms with van der Waals surface area (Å²) in [5.74, 6) is -1.21. The highest BCUT2D eigenvalue weighted by molar-refractivity contribution is 6.46. The Morgan fingerprint density at radius 3 is 2.24 bits per heavy atom. The molecule has 1 unspecified atom stereocenters. The number of nitrogens with zero attached hydrogens (tertiary/aromatic N) is 2. The number of aliphatic hydroxyl groups is 1. The summed E-state index contributed by atoms with van der Waals surface area (Å²) in [6.45, 7) is 6.68. The highest BCUT2D eigenvalue weighted by atomic mass is 16.5. The van der Waals surface area contributed by atoms with Crippen LogP contribution in [0.1, 0.15) is 43.5 Å². The van der Waals surface area contributed by atoms with E-state index in [-0.39, 0.29) is 29.9 Å². The number of Topliss-reactive ketones (excluding diaryl/α,β-unsaturated/α-hetero) is 1. The van der Waals surface area contributed by atoms with Crippen LogP contribution in [-0.2, 0) is 19.7 Å². The molecule has 7 heteroatoms. The molecule has 0 radical (unpaired) electrons. The van der Waals surface area contributed by atoms with Crippen molar-refractivity contribution >= 4 is 23.1 Å². The fourth-order valence-corrected chi connectivity index (χ4v) is 4.11. The van der Waals surface area contributed by atoms with E-state index in [0.717, 1.165) is 16.8 Å². The quantitative estimate of drug-likeness (QED) is 0.376. The summed E-state index contributed by atoms with van der Waals surface area (Å²) in [7, 11) is 6.93. The van der Waals surface area contributed by atoms with Crippen LogP contribution in [0.2, 0.25) is 0 Å². The van der Waals surface area contributed by atoms with Crippen molar-refractivity contribution < 1.29 is 24.2 Å². The van der Waals surface area contributed by atoms with Crippen LogP contribution in [0.3, 0.4) is 0 Å². The summed E-state index contributed by atoms with van der Waals surface area (Å²) in [6.07, 6.45) is 0. The second-order valence-electron chi connectivity index (χ2n) is 9.64. The molecule has 0 spiro atoms. The zero-order valence-electron chi connectivity index (χ0n) is 21.0. The molecule has 1 heterocycles. The monoisotopic (exact) mass is 466 g/mol. The van der Waals surface area contributed by atoms with Crippen molar-refractivity contribution in [3.8, 4) is 5.75 Å². The Kier molecular flexibility index (Phi) is 7.36. The average Bonchev–Trinajstić information content (AvgIpc) is 3.06. The van der Waals surface area contributed by atoms with Gasteiger partial charge in [0.1, 0.15) is 11.5 Å². The average molecular weight is 467 g/mol. The van der Waals surface area contributed by atoms with E-state index in [1.54, 1.807) is 13.2 Å². The molecule has 1 fully saturated rings. The van der Waals surface area contributed by atoms with Gasteiger partial charge in [0.2, 0.25) is 0 Å². The predicted octanol–water partition coefficient (Wildman–Crippen LogP) is 4.13. The molecule has 0 saturated carbocycles. The van der Waals surface area contributed by atoms with Crippen LogP contribution in [0.15, 0.2) is 48.0 Å². The van der Waals surface area contributed by atoms with E-state index in [1.165, 1.54) is 12.0 Å². The summed E-state index contributed by atoms with van der Waals surface area (Å²) in [5.41, 5.74) is 2.92. The Bertz CT molecular complexity index is 1100. The van der Waals surface area contributed by atoms with Crippen LogP contribution >= 0.6 is 0 Å². The zero-order valence-corrected chi connectivity index (χ0v) is 21.0. The van der Waals surface area contributed by atoms with Crippen molar-refractivity contribution in [3.05, 3.63) is 64.7 Å². The Balaban J connectivity index is 2.24. The molecule has 0 aliphatic carbocycles. The predicted molar refractivity (Wildman–Crippen MR) is 133 cm³/mol. The SMILES string of the molecule is COCCN1C(=O)C(=O)/C(=C(/O)c2cc(C(C)(C)C)ccc2OC)C1c1ccc(N(C)C)cc1. The number of carbonyl (C=O) groups is 2. The Morgan fingerprint density at radius 1 is 1.06 bits per heavy atom. The van der Waals surface area contributed by atoms with Gasteiger partial charge in [0, 0.05) is 33.4 Å². The van der Waals surface area contributed by atoms with Crippen molar-refractivity contribution in [2.75, 3.05) is 46.4 Å². The maximum atomic E-state index is 13.2. The lowest BCUT2D eigenvalue weighted by atomic mass is 9.85. The second-order valence-corrected chi connectivity index (χ2v) is 9.64. The summed E-state index contributed by atoms with van der Waals surface area (Å²) >= 11 is 0. The first kappa shape index (κ1) is 25.3. The van der Waals surface area contributed by atoms with Gasteiger partial charge >= 0.3 is 0 Å². The van der Waals surface area contributed by atoms with Gasteiger partial charge in [-0.1, -0.05) is 39.0 Å². The van der Waals surface area contributed by atoms with Gasteiger partial charge in [-0.25, -0.2) is 0 Å². The van der Waals surface area contributed by atoms with Crippen LogP contribution < -0.4 is 9.64 Å².